The molecule has 0 aliphatic carbocycles. The van der Waals surface area contributed by atoms with Crippen LogP contribution in [-0.4, -0.2) is 54.1 Å². The van der Waals surface area contributed by atoms with E-state index in [4.69, 9.17) is 4.74 Å². The van der Waals surface area contributed by atoms with Gasteiger partial charge in [-0.15, -0.1) is 11.8 Å². The molecule has 10 heteroatoms. The van der Waals surface area contributed by atoms with Gasteiger partial charge in [-0.2, -0.15) is 0 Å². The highest BCUT2D eigenvalue weighted by Gasteiger charge is 2.16. The van der Waals surface area contributed by atoms with Crippen molar-refractivity contribution in [2.24, 2.45) is 0 Å². The van der Waals surface area contributed by atoms with Crippen LogP contribution in [0.15, 0.2) is 53.4 Å². The summed E-state index contributed by atoms with van der Waals surface area (Å²) in [5.41, 5.74) is 0.295. The lowest BCUT2D eigenvalue weighted by Gasteiger charge is -2.12. The molecule has 0 fully saturated rings. The van der Waals surface area contributed by atoms with E-state index in [-0.39, 0.29) is 28.6 Å². The summed E-state index contributed by atoms with van der Waals surface area (Å²) in [6.07, 6.45) is 0. The molecule has 29 heavy (non-hydrogen) atoms. The largest absolute Gasteiger partial charge is 0.452 e. The topological polar surface area (TPSA) is 119 Å². The average Bonchev–Trinajstić information content (AvgIpc) is 2.70. The van der Waals surface area contributed by atoms with Crippen LogP contribution in [0.2, 0.25) is 0 Å². The number of carbonyl (C=O) groups is 3. The van der Waals surface area contributed by atoms with Crippen LogP contribution in [0.5, 0.6) is 0 Å². The molecule has 0 unspecified atom stereocenters. The molecule has 2 aromatic carbocycles. The van der Waals surface area contributed by atoms with Gasteiger partial charge in [0.05, 0.1) is 16.2 Å². The smallest absolute Gasteiger partial charge is 0.339 e. The molecule has 0 bridgehead atoms. The minimum absolute atomic E-state index is 0.102. The number of rotatable bonds is 8. The first-order valence-corrected chi connectivity index (χ1v) is 9.40. The average molecular weight is 417 g/mol. The SMILES string of the molecule is CN(C)C(=O)CSc1ccccc1C(=O)OCC(=O)Nc1cccc([N+](=O)[O-])c1. The zero-order valence-corrected chi connectivity index (χ0v) is 16.6. The highest BCUT2D eigenvalue weighted by Crippen LogP contribution is 2.23. The number of anilines is 1. The van der Waals surface area contributed by atoms with Crippen molar-refractivity contribution in [1.82, 2.24) is 4.90 Å². The van der Waals surface area contributed by atoms with Gasteiger partial charge in [-0.05, 0) is 18.2 Å². The number of benzene rings is 2. The van der Waals surface area contributed by atoms with Crippen LogP contribution < -0.4 is 5.32 Å². The summed E-state index contributed by atoms with van der Waals surface area (Å²) in [4.78, 5) is 48.3. The molecule has 0 aliphatic heterocycles. The molecule has 0 saturated carbocycles. The Hall–Kier alpha value is -3.40. The van der Waals surface area contributed by atoms with Crippen LogP contribution >= 0.6 is 11.8 Å². The zero-order chi connectivity index (χ0) is 21.4. The van der Waals surface area contributed by atoms with Gasteiger partial charge in [0.1, 0.15) is 0 Å². The van der Waals surface area contributed by atoms with Crippen molar-refractivity contribution in [1.29, 1.82) is 0 Å². The summed E-state index contributed by atoms with van der Waals surface area (Å²) in [6, 6.07) is 12.0. The molecular formula is C19H19N3O6S. The fourth-order valence-electron chi connectivity index (χ4n) is 2.13. The quantitative estimate of drug-likeness (QED) is 0.303. The second-order valence-corrected chi connectivity index (χ2v) is 7.02. The normalized spacial score (nSPS) is 10.1. The molecule has 1 N–H and O–H groups in total. The van der Waals surface area contributed by atoms with E-state index < -0.39 is 23.4 Å². The van der Waals surface area contributed by atoms with Gasteiger partial charge in [-0.25, -0.2) is 4.79 Å². The third kappa shape index (κ3) is 6.61. The van der Waals surface area contributed by atoms with Crippen molar-refractivity contribution in [2.45, 2.75) is 4.90 Å². The molecule has 152 valence electrons. The van der Waals surface area contributed by atoms with Gasteiger partial charge in [-0.1, -0.05) is 18.2 Å². The molecule has 2 aromatic rings. The molecule has 0 radical (unpaired) electrons. The first-order valence-electron chi connectivity index (χ1n) is 8.41. The maximum Gasteiger partial charge on any atom is 0.339 e. The van der Waals surface area contributed by atoms with Gasteiger partial charge < -0.3 is 15.0 Å². The second-order valence-electron chi connectivity index (χ2n) is 6.00. The minimum atomic E-state index is -0.709. The van der Waals surface area contributed by atoms with E-state index in [0.29, 0.717) is 4.90 Å². The Morgan fingerprint density at radius 3 is 2.55 bits per heavy atom. The number of thioether (sulfide) groups is 1. The van der Waals surface area contributed by atoms with Gasteiger partial charge in [0.2, 0.25) is 5.91 Å². The number of esters is 1. The number of nitro benzene ring substituents is 1. The Labute approximate surface area is 171 Å². The Bertz CT molecular complexity index is 932. The van der Waals surface area contributed by atoms with Crippen LogP contribution in [-0.2, 0) is 14.3 Å². The Kier molecular flexibility index (Phi) is 7.72. The molecule has 0 heterocycles. The monoisotopic (exact) mass is 417 g/mol. The van der Waals surface area contributed by atoms with E-state index in [0.717, 1.165) is 0 Å². The highest BCUT2D eigenvalue weighted by molar-refractivity contribution is 8.00. The van der Waals surface area contributed by atoms with Crippen molar-refractivity contribution >= 4 is 40.9 Å². The standard InChI is InChI=1S/C19H19N3O6S/c1-21(2)18(24)12-29-16-9-4-3-8-15(16)19(25)28-11-17(23)20-13-6-5-7-14(10-13)22(26)27/h3-10H,11-12H2,1-2H3,(H,20,23). The lowest BCUT2D eigenvalue weighted by molar-refractivity contribution is -0.384. The molecule has 0 saturated heterocycles. The fraction of sp³-hybridized carbons (Fsp3) is 0.211. The van der Waals surface area contributed by atoms with Gasteiger partial charge in [-0.3, -0.25) is 19.7 Å². The van der Waals surface area contributed by atoms with Crippen LogP contribution in [0.3, 0.4) is 0 Å². The lowest BCUT2D eigenvalue weighted by atomic mass is 10.2. The number of nitrogens with zero attached hydrogens (tertiary/aromatic N) is 2. The van der Waals surface area contributed by atoms with E-state index >= 15 is 0 Å². The van der Waals surface area contributed by atoms with Crippen molar-refractivity contribution in [3.63, 3.8) is 0 Å². The second kappa shape index (κ2) is 10.2. The summed E-state index contributed by atoms with van der Waals surface area (Å²) >= 11 is 1.20. The van der Waals surface area contributed by atoms with Crippen LogP contribution in [0.4, 0.5) is 11.4 Å². The van der Waals surface area contributed by atoms with Gasteiger partial charge >= 0.3 is 5.97 Å². The van der Waals surface area contributed by atoms with Crippen molar-refractivity contribution in [3.05, 3.63) is 64.2 Å². The van der Waals surface area contributed by atoms with Crippen LogP contribution in [0.25, 0.3) is 0 Å². The zero-order valence-electron chi connectivity index (χ0n) is 15.8. The molecule has 0 aromatic heterocycles. The number of hydrogen-bond donors (Lipinski definition) is 1. The maximum atomic E-state index is 12.3. The number of amides is 2. The van der Waals surface area contributed by atoms with Crippen LogP contribution in [0.1, 0.15) is 10.4 Å². The van der Waals surface area contributed by atoms with Crippen LogP contribution in [0, 0.1) is 10.1 Å². The molecular weight excluding hydrogens is 398 g/mol. The molecule has 0 spiro atoms. The summed E-state index contributed by atoms with van der Waals surface area (Å²) in [5, 5.41) is 13.2. The van der Waals surface area contributed by atoms with E-state index in [1.807, 2.05) is 0 Å². The molecule has 9 nitrogen and oxygen atoms in total. The predicted octanol–water partition coefficient (Wildman–Crippen LogP) is 2.57. The van der Waals surface area contributed by atoms with Gasteiger partial charge in [0.15, 0.2) is 6.61 Å². The summed E-state index contributed by atoms with van der Waals surface area (Å²) in [5.74, 6) is -1.29. The van der Waals surface area contributed by atoms with Crippen molar-refractivity contribution in [2.75, 3.05) is 31.8 Å². The van der Waals surface area contributed by atoms with E-state index in [2.05, 4.69) is 5.32 Å². The number of nitro groups is 1. The molecule has 0 atom stereocenters. The number of non-ortho nitro benzene ring substituents is 1. The van der Waals surface area contributed by atoms with E-state index in [9.17, 15) is 24.5 Å². The van der Waals surface area contributed by atoms with Crippen molar-refractivity contribution < 1.29 is 24.0 Å². The maximum absolute atomic E-state index is 12.3. The number of hydrogen-bond acceptors (Lipinski definition) is 7. The van der Waals surface area contributed by atoms with E-state index in [1.165, 1.54) is 40.9 Å². The predicted molar refractivity (Wildman–Crippen MR) is 108 cm³/mol. The summed E-state index contributed by atoms with van der Waals surface area (Å²) in [7, 11) is 3.28. The molecule has 0 aliphatic rings. The number of nitrogens with one attached hydrogen (secondary N) is 1. The van der Waals surface area contributed by atoms with E-state index in [1.54, 1.807) is 38.4 Å². The summed E-state index contributed by atoms with van der Waals surface area (Å²) < 4.78 is 5.04. The minimum Gasteiger partial charge on any atom is -0.452 e. The first-order chi connectivity index (χ1) is 13.8. The number of ether oxygens (including phenoxy) is 1. The molecule has 2 amide bonds. The van der Waals surface area contributed by atoms with Crippen molar-refractivity contribution in [3.8, 4) is 0 Å². The first kappa shape index (κ1) is 21.9. The summed E-state index contributed by atoms with van der Waals surface area (Å²) in [6.45, 7) is -0.558. The molecule has 2 rings (SSSR count). The third-order valence-electron chi connectivity index (χ3n) is 3.63. The Morgan fingerprint density at radius 2 is 1.86 bits per heavy atom. The number of carbonyl (C=O) groups excluding carboxylic acids is 3. The lowest BCUT2D eigenvalue weighted by Crippen LogP contribution is -2.23. The Balaban J connectivity index is 1.95. The van der Waals surface area contributed by atoms with Gasteiger partial charge in [0, 0.05) is 36.8 Å². The third-order valence-corrected chi connectivity index (χ3v) is 4.69. The fourth-order valence-corrected chi connectivity index (χ4v) is 3.15. The highest BCUT2D eigenvalue weighted by atomic mass is 32.2. The van der Waals surface area contributed by atoms with Gasteiger partial charge in [0.25, 0.3) is 11.6 Å². The Morgan fingerprint density at radius 1 is 1.14 bits per heavy atom.